The quantitative estimate of drug-likeness (QED) is 0.443. The number of fused-ring (bicyclic) bond motifs is 3. The number of aromatic nitrogens is 5. The van der Waals surface area contributed by atoms with Gasteiger partial charge in [-0.2, -0.15) is 14.6 Å². The number of carbonyl (C=O) groups is 1. The number of sulfonamides is 1. The summed E-state index contributed by atoms with van der Waals surface area (Å²) >= 11 is 0. The number of carbonyl (C=O) groups excluding carboxylic acids is 1. The van der Waals surface area contributed by atoms with Crippen molar-refractivity contribution in [2.75, 3.05) is 0 Å². The molecule has 158 valence electrons. The van der Waals surface area contributed by atoms with Gasteiger partial charge in [-0.05, 0) is 42.5 Å². The van der Waals surface area contributed by atoms with Crippen LogP contribution in [-0.2, 0) is 10.0 Å². The lowest BCUT2D eigenvalue weighted by atomic mass is 10.2. The van der Waals surface area contributed by atoms with Crippen molar-refractivity contribution in [3.8, 4) is 5.69 Å². The molecule has 0 aliphatic carbocycles. The second kappa shape index (κ2) is 7.39. The number of nitrogens with one attached hydrogen (secondary N) is 1. The molecule has 0 fully saturated rings. The fraction of sp³-hybridized carbons (Fsp3) is 0. The van der Waals surface area contributed by atoms with Crippen LogP contribution in [0.2, 0.25) is 0 Å². The Labute approximate surface area is 180 Å². The lowest BCUT2D eigenvalue weighted by molar-refractivity contribution is 0.0981. The zero-order chi connectivity index (χ0) is 22.3. The molecule has 0 radical (unpaired) electrons. The molecule has 0 saturated heterocycles. The van der Waals surface area contributed by atoms with Gasteiger partial charge in [-0.3, -0.25) is 14.2 Å². The first kappa shape index (κ1) is 19.6. The molecule has 0 unspecified atom stereocenters. The normalized spacial score (nSPS) is 11.6. The zero-order valence-electron chi connectivity index (χ0n) is 16.3. The lowest BCUT2D eigenvalue weighted by Gasteiger charge is -2.10. The monoisotopic (exact) mass is 446 g/mol. The summed E-state index contributed by atoms with van der Waals surface area (Å²) in [5.41, 5.74) is 0.881. The summed E-state index contributed by atoms with van der Waals surface area (Å²) in [6.07, 6.45) is 4.34. The van der Waals surface area contributed by atoms with Gasteiger partial charge in [-0.15, -0.1) is 0 Å². The van der Waals surface area contributed by atoms with Crippen molar-refractivity contribution in [2.24, 2.45) is 0 Å². The Hall–Kier alpha value is -4.38. The molecule has 1 amide bonds. The molecule has 10 nitrogen and oxygen atoms in total. The zero-order valence-corrected chi connectivity index (χ0v) is 17.1. The molecular weight excluding hydrogens is 432 g/mol. The minimum atomic E-state index is -4.08. The maximum Gasteiger partial charge on any atom is 0.266 e. The van der Waals surface area contributed by atoms with E-state index in [4.69, 9.17) is 0 Å². The van der Waals surface area contributed by atoms with Crippen molar-refractivity contribution >= 4 is 32.6 Å². The summed E-state index contributed by atoms with van der Waals surface area (Å²) < 4.78 is 30.0. The lowest BCUT2D eigenvalue weighted by Crippen LogP contribution is -2.30. The van der Waals surface area contributed by atoms with Gasteiger partial charge in [0.2, 0.25) is 0 Å². The molecule has 3 heterocycles. The average molecular weight is 446 g/mol. The molecule has 1 N–H and O–H groups in total. The molecule has 0 spiro atoms. The Kier molecular flexibility index (Phi) is 4.52. The van der Waals surface area contributed by atoms with E-state index in [1.165, 1.54) is 58.0 Å². The number of benzene rings is 2. The average Bonchev–Trinajstić information content (AvgIpc) is 3.29. The number of rotatable bonds is 4. The van der Waals surface area contributed by atoms with Crippen LogP contribution in [0.1, 0.15) is 10.4 Å². The van der Waals surface area contributed by atoms with Crippen molar-refractivity contribution in [3.05, 3.63) is 95.3 Å². The molecule has 2 aromatic carbocycles. The molecular formula is C21H14N6O4S. The Bertz CT molecular complexity index is 1640. The molecule has 11 heteroatoms. The number of pyridine rings is 1. The van der Waals surface area contributed by atoms with E-state index >= 15 is 0 Å². The van der Waals surface area contributed by atoms with Crippen LogP contribution in [0.5, 0.6) is 0 Å². The first-order chi connectivity index (χ1) is 15.4. The Morgan fingerprint density at radius 2 is 1.69 bits per heavy atom. The Morgan fingerprint density at radius 1 is 0.938 bits per heavy atom. The number of hydrogen-bond acceptors (Lipinski definition) is 7. The van der Waals surface area contributed by atoms with Crippen LogP contribution in [0.4, 0.5) is 0 Å². The minimum Gasteiger partial charge on any atom is -0.284 e. The number of nitrogens with zero attached hydrogens (tertiary/aromatic N) is 5. The smallest absolute Gasteiger partial charge is 0.266 e. The van der Waals surface area contributed by atoms with Gasteiger partial charge in [-0.1, -0.05) is 18.2 Å². The minimum absolute atomic E-state index is 0.106. The van der Waals surface area contributed by atoms with Gasteiger partial charge in [0.1, 0.15) is 6.33 Å². The highest BCUT2D eigenvalue weighted by atomic mass is 32.2. The van der Waals surface area contributed by atoms with Crippen LogP contribution < -0.4 is 10.3 Å². The molecule has 5 rings (SSSR count). The van der Waals surface area contributed by atoms with E-state index in [0.717, 1.165) is 0 Å². The third kappa shape index (κ3) is 3.30. The van der Waals surface area contributed by atoms with Crippen molar-refractivity contribution < 1.29 is 13.2 Å². The third-order valence-electron chi connectivity index (χ3n) is 4.86. The van der Waals surface area contributed by atoms with Crippen molar-refractivity contribution in [2.45, 2.75) is 4.90 Å². The van der Waals surface area contributed by atoms with Gasteiger partial charge in [0.25, 0.3) is 27.3 Å². The highest BCUT2D eigenvalue weighted by molar-refractivity contribution is 7.90. The van der Waals surface area contributed by atoms with Gasteiger partial charge < -0.3 is 0 Å². The van der Waals surface area contributed by atoms with E-state index in [9.17, 15) is 18.0 Å². The van der Waals surface area contributed by atoms with Crippen LogP contribution in [0, 0.1) is 0 Å². The van der Waals surface area contributed by atoms with E-state index in [-0.39, 0.29) is 16.0 Å². The number of amides is 1. The maximum absolute atomic E-state index is 13.0. The molecule has 0 saturated carbocycles. The van der Waals surface area contributed by atoms with Gasteiger partial charge >= 0.3 is 0 Å². The summed E-state index contributed by atoms with van der Waals surface area (Å²) in [6, 6.07) is 15.4. The molecule has 32 heavy (non-hydrogen) atoms. The first-order valence-electron chi connectivity index (χ1n) is 9.37. The SMILES string of the molecule is O=C(NS(=O)(=O)c1ccc(-n2ccc3c(cnc4ncnn43)c2=O)cc1)c1ccccc1. The van der Waals surface area contributed by atoms with E-state index < -0.39 is 15.9 Å². The van der Waals surface area contributed by atoms with Crippen LogP contribution in [-0.4, -0.2) is 38.5 Å². The van der Waals surface area contributed by atoms with Crippen LogP contribution in [0.15, 0.2) is 89.1 Å². The topological polar surface area (TPSA) is 128 Å². The fourth-order valence-electron chi connectivity index (χ4n) is 3.28. The van der Waals surface area contributed by atoms with Crippen molar-refractivity contribution in [1.82, 2.24) is 28.9 Å². The second-order valence-electron chi connectivity index (χ2n) is 6.81. The van der Waals surface area contributed by atoms with Crippen LogP contribution in [0.3, 0.4) is 0 Å². The molecule has 5 aromatic rings. The Balaban J connectivity index is 1.47. The largest absolute Gasteiger partial charge is 0.284 e. The summed E-state index contributed by atoms with van der Waals surface area (Å²) in [6.45, 7) is 0. The van der Waals surface area contributed by atoms with Gasteiger partial charge in [0.05, 0.1) is 15.8 Å². The maximum atomic E-state index is 13.0. The first-order valence-corrected chi connectivity index (χ1v) is 10.9. The van der Waals surface area contributed by atoms with Crippen LogP contribution in [0.25, 0.3) is 22.4 Å². The van der Waals surface area contributed by atoms with Crippen molar-refractivity contribution in [1.29, 1.82) is 0 Å². The van der Waals surface area contributed by atoms with E-state index in [1.54, 1.807) is 30.5 Å². The molecule has 3 aromatic heterocycles. The highest BCUT2D eigenvalue weighted by Gasteiger charge is 2.19. The van der Waals surface area contributed by atoms with E-state index in [2.05, 4.69) is 15.1 Å². The standard InChI is InChI=1S/C21H14N6O4S/c28-19(14-4-2-1-3-5-14)25-32(30,31)16-8-6-15(7-9-16)26-11-10-18-17(20(26)29)12-22-21-23-13-24-27(18)21/h1-13H,(H,25,28). The van der Waals surface area contributed by atoms with E-state index in [0.29, 0.717) is 22.4 Å². The molecule has 0 bridgehead atoms. The third-order valence-corrected chi connectivity index (χ3v) is 6.21. The summed E-state index contributed by atoms with van der Waals surface area (Å²) in [5.74, 6) is -0.353. The van der Waals surface area contributed by atoms with Gasteiger partial charge in [-0.25, -0.2) is 18.1 Å². The summed E-state index contributed by atoms with van der Waals surface area (Å²) in [7, 11) is -4.08. The van der Waals surface area contributed by atoms with Gasteiger partial charge in [0, 0.05) is 23.6 Å². The predicted molar refractivity (Wildman–Crippen MR) is 115 cm³/mol. The Morgan fingerprint density at radius 3 is 2.44 bits per heavy atom. The summed E-state index contributed by atoms with van der Waals surface area (Å²) in [4.78, 5) is 33.2. The second-order valence-corrected chi connectivity index (χ2v) is 8.50. The number of hydrogen-bond donors (Lipinski definition) is 1. The van der Waals surface area contributed by atoms with Crippen LogP contribution >= 0.6 is 0 Å². The van der Waals surface area contributed by atoms with Crippen molar-refractivity contribution in [3.63, 3.8) is 0 Å². The summed E-state index contributed by atoms with van der Waals surface area (Å²) in [5, 5.41) is 4.40. The van der Waals surface area contributed by atoms with E-state index in [1.807, 2.05) is 4.72 Å². The van der Waals surface area contributed by atoms with Gasteiger partial charge in [0.15, 0.2) is 0 Å². The highest BCUT2D eigenvalue weighted by Crippen LogP contribution is 2.16. The molecule has 0 atom stereocenters. The fourth-order valence-corrected chi connectivity index (χ4v) is 4.26. The molecule has 0 aliphatic heterocycles. The predicted octanol–water partition coefficient (Wildman–Crippen LogP) is 1.55. The molecule has 0 aliphatic rings.